The minimum Gasteiger partial charge on any atom is -0.298 e. The number of piperidine rings is 1. The molecule has 2 aromatic carbocycles. The Balaban J connectivity index is 1.54. The van der Waals surface area contributed by atoms with Crippen LogP contribution in [-0.2, 0) is 17.8 Å². The number of carbonyl (C=O) groups is 1. The number of rotatable bonds is 4. The first-order valence-corrected chi connectivity index (χ1v) is 8.67. The Morgan fingerprint density at radius 2 is 1.57 bits per heavy atom. The molecule has 0 N–H and O–H groups in total. The summed E-state index contributed by atoms with van der Waals surface area (Å²) in [4.78, 5) is 14.9. The Labute approximate surface area is 138 Å². The Morgan fingerprint density at radius 3 is 2.26 bits per heavy atom. The number of hydrogen-bond donors (Lipinski definition) is 0. The SMILES string of the molecule is O=C1CC[C@@H]2[C@H](Cc3ccccc3)C[C@H]1N2Cc1ccccc1. The lowest BCUT2D eigenvalue weighted by atomic mass is 9.91. The van der Waals surface area contributed by atoms with Crippen molar-refractivity contribution in [2.24, 2.45) is 5.92 Å². The van der Waals surface area contributed by atoms with Crippen LogP contribution in [0.2, 0.25) is 0 Å². The fourth-order valence-electron chi connectivity index (χ4n) is 4.41. The van der Waals surface area contributed by atoms with E-state index in [0.717, 1.165) is 32.2 Å². The van der Waals surface area contributed by atoms with Crippen molar-refractivity contribution in [2.45, 2.75) is 44.3 Å². The Morgan fingerprint density at radius 1 is 0.913 bits per heavy atom. The van der Waals surface area contributed by atoms with Gasteiger partial charge in [0.25, 0.3) is 0 Å². The number of Topliss-reactive ketones (excluding diaryl/α,β-unsaturated/α-hetero) is 1. The molecule has 2 fully saturated rings. The zero-order valence-electron chi connectivity index (χ0n) is 13.4. The van der Waals surface area contributed by atoms with Gasteiger partial charge in [0.2, 0.25) is 0 Å². The molecule has 23 heavy (non-hydrogen) atoms. The molecule has 2 heteroatoms. The van der Waals surface area contributed by atoms with Crippen molar-refractivity contribution in [3.05, 3.63) is 71.8 Å². The van der Waals surface area contributed by atoms with Gasteiger partial charge >= 0.3 is 0 Å². The molecule has 4 rings (SSSR count). The Hall–Kier alpha value is -1.93. The van der Waals surface area contributed by atoms with Gasteiger partial charge in [-0.15, -0.1) is 0 Å². The molecule has 0 spiro atoms. The van der Waals surface area contributed by atoms with Gasteiger partial charge in [-0.1, -0.05) is 60.7 Å². The normalized spacial score (nSPS) is 27.3. The van der Waals surface area contributed by atoms with Crippen molar-refractivity contribution in [1.29, 1.82) is 0 Å². The second-order valence-corrected chi connectivity index (χ2v) is 6.93. The van der Waals surface area contributed by atoms with E-state index in [4.69, 9.17) is 0 Å². The number of hydrogen-bond acceptors (Lipinski definition) is 2. The van der Waals surface area contributed by atoms with E-state index in [-0.39, 0.29) is 6.04 Å². The van der Waals surface area contributed by atoms with E-state index in [2.05, 4.69) is 65.6 Å². The van der Waals surface area contributed by atoms with Crippen LogP contribution in [-0.4, -0.2) is 22.8 Å². The monoisotopic (exact) mass is 305 g/mol. The third-order valence-electron chi connectivity index (χ3n) is 5.50. The van der Waals surface area contributed by atoms with Crippen LogP contribution in [0, 0.1) is 5.92 Å². The van der Waals surface area contributed by atoms with E-state index in [9.17, 15) is 4.79 Å². The van der Waals surface area contributed by atoms with Crippen molar-refractivity contribution in [2.75, 3.05) is 0 Å². The van der Waals surface area contributed by atoms with Crippen LogP contribution in [0.25, 0.3) is 0 Å². The number of carbonyl (C=O) groups excluding carboxylic acids is 1. The second-order valence-electron chi connectivity index (χ2n) is 6.93. The summed E-state index contributed by atoms with van der Waals surface area (Å²) in [6, 6.07) is 22.0. The molecule has 0 saturated carbocycles. The molecule has 2 aromatic rings. The molecule has 2 saturated heterocycles. The molecule has 0 amide bonds. The van der Waals surface area contributed by atoms with Gasteiger partial charge in [0.15, 0.2) is 0 Å². The zero-order valence-corrected chi connectivity index (χ0v) is 13.4. The summed E-state index contributed by atoms with van der Waals surface area (Å²) in [5.41, 5.74) is 2.72. The predicted molar refractivity (Wildman–Crippen MR) is 92.1 cm³/mol. The minimum absolute atomic E-state index is 0.141. The highest BCUT2D eigenvalue weighted by Crippen LogP contribution is 2.40. The summed E-state index contributed by atoms with van der Waals surface area (Å²) >= 11 is 0. The van der Waals surface area contributed by atoms with Crippen LogP contribution in [0.3, 0.4) is 0 Å². The van der Waals surface area contributed by atoms with Crippen LogP contribution in [0.5, 0.6) is 0 Å². The van der Waals surface area contributed by atoms with E-state index in [1.165, 1.54) is 11.1 Å². The lowest BCUT2D eigenvalue weighted by Gasteiger charge is -2.35. The van der Waals surface area contributed by atoms with E-state index < -0.39 is 0 Å². The quantitative estimate of drug-likeness (QED) is 0.855. The van der Waals surface area contributed by atoms with Crippen molar-refractivity contribution in [3.63, 3.8) is 0 Å². The first-order valence-electron chi connectivity index (χ1n) is 8.67. The fourth-order valence-corrected chi connectivity index (χ4v) is 4.41. The van der Waals surface area contributed by atoms with Crippen molar-refractivity contribution in [1.82, 2.24) is 4.90 Å². The molecule has 2 heterocycles. The summed E-state index contributed by atoms with van der Waals surface area (Å²) in [6.07, 6.45) is 3.93. The topological polar surface area (TPSA) is 20.3 Å². The summed E-state index contributed by atoms with van der Waals surface area (Å²) < 4.78 is 0. The van der Waals surface area contributed by atoms with Gasteiger partial charge in [0.05, 0.1) is 6.04 Å². The summed E-state index contributed by atoms with van der Waals surface area (Å²) in [6.45, 7) is 0.910. The molecule has 118 valence electrons. The summed E-state index contributed by atoms with van der Waals surface area (Å²) in [5.74, 6) is 1.06. The van der Waals surface area contributed by atoms with Crippen molar-refractivity contribution < 1.29 is 4.79 Å². The van der Waals surface area contributed by atoms with Crippen LogP contribution >= 0.6 is 0 Å². The maximum absolute atomic E-state index is 12.4. The van der Waals surface area contributed by atoms with Gasteiger partial charge in [-0.2, -0.15) is 0 Å². The van der Waals surface area contributed by atoms with E-state index >= 15 is 0 Å². The smallest absolute Gasteiger partial charge is 0.150 e. The summed E-state index contributed by atoms with van der Waals surface area (Å²) in [7, 11) is 0. The molecule has 0 aliphatic carbocycles. The van der Waals surface area contributed by atoms with Crippen molar-refractivity contribution >= 4 is 5.78 Å². The lowest BCUT2D eigenvalue weighted by molar-refractivity contribution is -0.126. The van der Waals surface area contributed by atoms with Gasteiger partial charge in [-0.05, 0) is 36.3 Å². The number of benzene rings is 2. The third-order valence-corrected chi connectivity index (χ3v) is 5.50. The molecule has 0 unspecified atom stereocenters. The Bertz CT molecular complexity index is 667. The number of nitrogens with zero attached hydrogens (tertiary/aromatic N) is 1. The zero-order chi connectivity index (χ0) is 15.6. The average Bonchev–Trinajstić information content (AvgIpc) is 2.82. The van der Waals surface area contributed by atoms with Gasteiger partial charge in [0, 0.05) is 19.0 Å². The van der Waals surface area contributed by atoms with Gasteiger partial charge in [-0.25, -0.2) is 0 Å². The van der Waals surface area contributed by atoms with Crippen LogP contribution < -0.4 is 0 Å². The molecule has 2 nitrogen and oxygen atoms in total. The van der Waals surface area contributed by atoms with Gasteiger partial charge in [0.1, 0.15) is 5.78 Å². The van der Waals surface area contributed by atoms with Crippen LogP contribution in [0.4, 0.5) is 0 Å². The van der Waals surface area contributed by atoms with Crippen LogP contribution in [0.1, 0.15) is 30.4 Å². The summed E-state index contributed by atoms with van der Waals surface area (Å²) in [5, 5.41) is 0. The average molecular weight is 305 g/mol. The molecule has 0 radical (unpaired) electrons. The van der Waals surface area contributed by atoms with E-state index in [1.54, 1.807) is 0 Å². The molecule has 3 atom stereocenters. The molecular formula is C21H23NO. The van der Waals surface area contributed by atoms with Crippen LogP contribution in [0.15, 0.2) is 60.7 Å². The van der Waals surface area contributed by atoms with Gasteiger partial charge in [-0.3, -0.25) is 9.69 Å². The molecule has 2 aliphatic rings. The third kappa shape index (κ3) is 2.96. The van der Waals surface area contributed by atoms with E-state index in [1.807, 2.05) is 0 Å². The Kier molecular flexibility index (Phi) is 4.00. The maximum atomic E-state index is 12.4. The minimum atomic E-state index is 0.141. The molecule has 2 bridgehead atoms. The first-order chi connectivity index (χ1) is 11.3. The highest BCUT2D eigenvalue weighted by Gasteiger charge is 2.46. The predicted octanol–water partition coefficient (Wildman–Crippen LogP) is 3.85. The van der Waals surface area contributed by atoms with E-state index in [0.29, 0.717) is 17.7 Å². The fraction of sp³-hybridized carbons (Fsp3) is 0.381. The molecule has 0 aromatic heterocycles. The molecular weight excluding hydrogens is 282 g/mol. The van der Waals surface area contributed by atoms with Crippen molar-refractivity contribution in [3.8, 4) is 0 Å². The second kappa shape index (κ2) is 6.29. The number of ketones is 1. The standard InChI is InChI=1S/C21H23NO/c23-21-12-11-19-18(13-16-7-3-1-4-8-16)14-20(21)22(19)15-17-9-5-2-6-10-17/h1-10,18-20H,11-15H2/t18-,19-,20-/m1/s1. The molecule has 2 aliphatic heterocycles. The highest BCUT2D eigenvalue weighted by molar-refractivity contribution is 5.85. The lowest BCUT2D eigenvalue weighted by Crippen LogP contribution is -2.45. The highest BCUT2D eigenvalue weighted by atomic mass is 16.1. The largest absolute Gasteiger partial charge is 0.298 e. The maximum Gasteiger partial charge on any atom is 0.150 e. The first kappa shape index (κ1) is 14.6. The number of fused-ring (bicyclic) bond motifs is 2. The van der Waals surface area contributed by atoms with Gasteiger partial charge < -0.3 is 0 Å².